The highest BCUT2D eigenvalue weighted by Crippen LogP contribution is 2.19. The fraction of sp³-hybridized carbons (Fsp3) is 0.818. The van der Waals surface area contributed by atoms with E-state index in [0.29, 0.717) is 13.0 Å². The van der Waals surface area contributed by atoms with Gasteiger partial charge in [-0.05, 0) is 6.42 Å². The number of halogens is 3. The van der Waals surface area contributed by atoms with E-state index in [1.54, 1.807) is 13.8 Å². The molecule has 0 aromatic rings. The Hall–Kier alpha value is -1.27. The van der Waals surface area contributed by atoms with Gasteiger partial charge in [-0.25, -0.2) is 0 Å². The molecule has 1 saturated heterocycles. The van der Waals surface area contributed by atoms with Crippen molar-refractivity contribution in [3.63, 3.8) is 0 Å². The van der Waals surface area contributed by atoms with Crippen molar-refractivity contribution in [1.82, 2.24) is 9.80 Å². The summed E-state index contributed by atoms with van der Waals surface area (Å²) in [6, 6.07) is 0. The van der Waals surface area contributed by atoms with Gasteiger partial charge in [-0.1, -0.05) is 13.8 Å². The summed E-state index contributed by atoms with van der Waals surface area (Å²) in [5.74, 6) is -2.09. The van der Waals surface area contributed by atoms with Gasteiger partial charge in [0, 0.05) is 32.1 Å². The summed E-state index contributed by atoms with van der Waals surface area (Å²) in [5.41, 5.74) is 0. The molecule has 0 radical (unpaired) electrons. The number of alkyl halides is 3. The first-order valence-electron chi connectivity index (χ1n) is 5.88. The quantitative estimate of drug-likeness (QED) is 0.717. The van der Waals surface area contributed by atoms with Crippen molar-refractivity contribution in [2.45, 2.75) is 26.4 Å². The second-order valence-corrected chi connectivity index (χ2v) is 4.62. The summed E-state index contributed by atoms with van der Waals surface area (Å²) in [6.07, 6.45) is -4.46. The largest absolute Gasteiger partial charge is 0.471 e. The Kier molecular flexibility index (Phi) is 4.59. The minimum absolute atomic E-state index is 0.0419. The van der Waals surface area contributed by atoms with Crippen LogP contribution in [0.5, 0.6) is 0 Å². The van der Waals surface area contributed by atoms with E-state index < -0.39 is 12.1 Å². The Morgan fingerprint density at radius 1 is 1.00 bits per heavy atom. The van der Waals surface area contributed by atoms with Gasteiger partial charge >= 0.3 is 12.1 Å². The molecule has 0 saturated carbocycles. The first-order chi connectivity index (χ1) is 8.23. The van der Waals surface area contributed by atoms with Gasteiger partial charge in [0.1, 0.15) is 0 Å². The van der Waals surface area contributed by atoms with Crippen LogP contribution >= 0.6 is 0 Å². The van der Waals surface area contributed by atoms with Gasteiger partial charge in [0.15, 0.2) is 0 Å². The zero-order chi connectivity index (χ0) is 13.9. The average Bonchev–Trinajstić information content (AvgIpc) is 2.50. The Morgan fingerprint density at radius 3 is 2.00 bits per heavy atom. The molecule has 7 heteroatoms. The predicted molar refractivity (Wildman–Crippen MR) is 58.7 cm³/mol. The Labute approximate surface area is 104 Å². The number of hydrogen-bond acceptors (Lipinski definition) is 2. The third-order valence-electron chi connectivity index (χ3n) is 2.83. The van der Waals surface area contributed by atoms with Gasteiger partial charge in [0.2, 0.25) is 5.91 Å². The van der Waals surface area contributed by atoms with E-state index in [1.807, 2.05) is 0 Å². The molecule has 1 aliphatic rings. The number of nitrogens with zero attached hydrogens (tertiary/aromatic N) is 2. The maximum absolute atomic E-state index is 12.3. The van der Waals surface area contributed by atoms with Crippen LogP contribution in [0.15, 0.2) is 0 Å². The van der Waals surface area contributed by atoms with Gasteiger partial charge in [0.05, 0.1) is 0 Å². The van der Waals surface area contributed by atoms with Crippen molar-refractivity contribution in [3.8, 4) is 0 Å². The number of rotatable bonds is 1. The molecular formula is C11H17F3N2O2. The molecule has 2 amide bonds. The first-order valence-corrected chi connectivity index (χ1v) is 5.88. The highest BCUT2D eigenvalue weighted by atomic mass is 19.4. The molecule has 0 unspecified atom stereocenters. The summed E-state index contributed by atoms with van der Waals surface area (Å²) in [7, 11) is 0. The molecule has 0 N–H and O–H groups in total. The van der Waals surface area contributed by atoms with Gasteiger partial charge in [0.25, 0.3) is 0 Å². The van der Waals surface area contributed by atoms with Crippen molar-refractivity contribution in [3.05, 3.63) is 0 Å². The van der Waals surface area contributed by atoms with E-state index in [2.05, 4.69) is 0 Å². The highest BCUT2D eigenvalue weighted by molar-refractivity contribution is 5.82. The van der Waals surface area contributed by atoms with Crippen molar-refractivity contribution < 1.29 is 22.8 Å². The topological polar surface area (TPSA) is 40.6 Å². The fourth-order valence-electron chi connectivity index (χ4n) is 1.89. The third kappa shape index (κ3) is 3.61. The molecule has 18 heavy (non-hydrogen) atoms. The zero-order valence-electron chi connectivity index (χ0n) is 10.5. The van der Waals surface area contributed by atoms with Crippen molar-refractivity contribution in [2.24, 2.45) is 5.92 Å². The van der Waals surface area contributed by atoms with Crippen LogP contribution in [0.25, 0.3) is 0 Å². The summed E-state index contributed by atoms with van der Waals surface area (Å²) < 4.78 is 36.8. The van der Waals surface area contributed by atoms with E-state index >= 15 is 0 Å². The SMILES string of the molecule is CC(C)C(=O)N1CCCN(C(=O)C(F)(F)F)CC1. The van der Waals surface area contributed by atoms with Crippen LogP contribution in [0.3, 0.4) is 0 Å². The van der Waals surface area contributed by atoms with Crippen molar-refractivity contribution in [2.75, 3.05) is 26.2 Å². The zero-order valence-corrected chi connectivity index (χ0v) is 10.5. The number of carbonyl (C=O) groups excluding carboxylic acids is 2. The van der Waals surface area contributed by atoms with E-state index in [0.717, 1.165) is 4.90 Å². The molecule has 104 valence electrons. The third-order valence-corrected chi connectivity index (χ3v) is 2.83. The highest BCUT2D eigenvalue weighted by Gasteiger charge is 2.42. The Bertz CT molecular complexity index is 329. The normalized spacial score (nSPS) is 17.9. The molecule has 1 aliphatic heterocycles. The molecule has 4 nitrogen and oxygen atoms in total. The van der Waals surface area contributed by atoms with Gasteiger partial charge in [-0.15, -0.1) is 0 Å². The van der Waals surface area contributed by atoms with Gasteiger partial charge < -0.3 is 9.80 Å². The van der Waals surface area contributed by atoms with E-state index in [9.17, 15) is 22.8 Å². The fourth-order valence-corrected chi connectivity index (χ4v) is 1.89. The van der Waals surface area contributed by atoms with Crippen molar-refractivity contribution in [1.29, 1.82) is 0 Å². The molecule has 0 atom stereocenters. The second-order valence-electron chi connectivity index (χ2n) is 4.62. The van der Waals surface area contributed by atoms with Crippen LogP contribution in [-0.4, -0.2) is 54.0 Å². The van der Waals surface area contributed by atoms with Crippen LogP contribution in [0.2, 0.25) is 0 Å². The first kappa shape index (κ1) is 14.8. The minimum atomic E-state index is -4.84. The second kappa shape index (κ2) is 5.58. The van der Waals surface area contributed by atoms with E-state index in [4.69, 9.17) is 0 Å². The lowest BCUT2D eigenvalue weighted by Crippen LogP contribution is -2.43. The molecular weight excluding hydrogens is 249 g/mol. The van der Waals surface area contributed by atoms with Gasteiger partial charge in [-0.3, -0.25) is 9.59 Å². The van der Waals surface area contributed by atoms with Gasteiger partial charge in [-0.2, -0.15) is 13.2 Å². The summed E-state index contributed by atoms with van der Waals surface area (Å²) >= 11 is 0. The van der Waals surface area contributed by atoms with Crippen LogP contribution in [0.4, 0.5) is 13.2 Å². The molecule has 0 spiro atoms. The number of carbonyl (C=O) groups is 2. The van der Waals surface area contributed by atoms with E-state index in [1.165, 1.54) is 4.90 Å². The Morgan fingerprint density at radius 2 is 1.50 bits per heavy atom. The molecule has 1 heterocycles. The molecule has 1 fully saturated rings. The molecule has 0 bridgehead atoms. The summed E-state index contributed by atoms with van der Waals surface area (Å²) in [5, 5.41) is 0. The van der Waals surface area contributed by atoms with Crippen molar-refractivity contribution >= 4 is 11.8 Å². The molecule has 0 aromatic carbocycles. The smallest absolute Gasteiger partial charge is 0.341 e. The lowest BCUT2D eigenvalue weighted by Gasteiger charge is -2.23. The van der Waals surface area contributed by atoms with Crippen LogP contribution < -0.4 is 0 Å². The molecule has 0 aliphatic carbocycles. The van der Waals surface area contributed by atoms with Crippen LogP contribution in [0, 0.1) is 5.92 Å². The predicted octanol–water partition coefficient (Wildman–Crippen LogP) is 1.27. The standard InChI is InChI=1S/C11H17F3N2O2/c1-8(2)9(17)15-4-3-5-16(7-6-15)10(18)11(12,13)14/h8H,3-7H2,1-2H3. The maximum atomic E-state index is 12.3. The minimum Gasteiger partial charge on any atom is -0.341 e. The van der Waals surface area contributed by atoms with E-state index in [-0.39, 0.29) is 31.5 Å². The lowest BCUT2D eigenvalue weighted by atomic mass is 10.2. The summed E-state index contributed by atoms with van der Waals surface area (Å²) in [6.45, 7) is 4.03. The summed E-state index contributed by atoms with van der Waals surface area (Å²) in [4.78, 5) is 25.1. The van der Waals surface area contributed by atoms with Crippen LogP contribution in [0.1, 0.15) is 20.3 Å². The van der Waals surface area contributed by atoms with Crippen LogP contribution in [-0.2, 0) is 9.59 Å². The maximum Gasteiger partial charge on any atom is 0.471 e. The molecule has 1 rings (SSSR count). The lowest BCUT2D eigenvalue weighted by molar-refractivity contribution is -0.185. The Balaban J connectivity index is 2.62. The number of hydrogen-bond donors (Lipinski definition) is 0. The molecule has 0 aromatic heterocycles. The number of amides is 2. The monoisotopic (exact) mass is 266 g/mol. The average molecular weight is 266 g/mol.